The second kappa shape index (κ2) is 6.67. The molecule has 1 aliphatic heterocycles. The zero-order chi connectivity index (χ0) is 14.6. The van der Waals surface area contributed by atoms with Crippen LogP contribution in [0.2, 0.25) is 0 Å². The van der Waals surface area contributed by atoms with Gasteiger partial charge in [-0.15, -0.1) is 0 Å². The summed E-state index contributed by atoms with van der Waals surface area (Å²) in [6.45, 7) is 3.20. The second-order valence-corrected chi connectivity index (χ2v) is 7.06. The molecule has 0 saturated carbocycles. The van der Waals surface area contributed by atoms with Crippen LogP contribution in [0.1, 0.15) is 18.4 Å². The summed E-state index contributed by atoms with van der Waals surface area (Å²) in [5.74, 6) is 0. The average Bonchev–Trinajstić information content (AvgIpc) is 2.38. The molecule has 1 fully saturated rings. The normalized spacial score (nSPS) is 21.0. The Morgan fingerprint density at radius 3 is 2.65 bits per heavy atom. The Labute approximate surface area is 121 Å². The summed E-state index contributed by atoms with van der Waals surface area (Å²) in [6.07, 6.45) is 3.37. The van der Waals surface area contributed by atoms with Gasteiger partial charge in [-0.25, -0.2) is 13.6 Å². The number of piperidine rings is 1. The molecule has 1 unspecified atom stereocenters. The summed E-state index contributed by atoms with van der Waals surface area (Å²) in [5.41, 5.74) is 1.12. The molecule has 1 aliphatic rings. The highest BCUT2D eigenvalue weighted by molar-refractivity contribution is 7.89. The number of hydrogen-bond donors (Lipinski definition) is 2. The highest BCUT2D eigenvalue weighted by atomic mass is 32.2. The molecular formula is C14H23N3O2S. The molecule has 112 valence electrons. The summed E-state index contributed by atoms with van der Waals surface area (Å²) in [5, 5.41) is 8.63. The van der Waals surface area contributed by atoms with Gasteiger partial charge < -0.3 is 10.2 Å². The maximum absolute atomic E-state index is 11.2. The van der Waals surface area contributed by atoms with Crippen molar-refractivity contribution in [1.82, 2.24) is 10.2 Å². The fraction of sp³-hybridized carbons (Fsp3) is 0.571. The number of benzene rings is 1. The number of nitrogens with one attached hydrogen (secondary N) is 1. The van der Waals surface area contributed by atoms with Crippen LogP contribution in [0.15, 0.2) is 29.2 Å². The zero-order valence-electron chi connectivity index (χ0n) is 11.9. The monoisotopic (exact) mass is 297 g/mol. The Kier molecular flexibility index (Phi) is 5.15. The van der Waals surface area contributed by atoms with E-state index in [2.05, 4.69) is 17.3 Å². The van der Waals surface area contributed by atoms with E-state index in [4.69, 9.17) is 5.14 Å². The van der Waals surface area contributed by atoms with Crippen molar-refractivity contribution in [2.75, 3.05) is 26.7 Å². The van der Waals surface area contributed by atoms with E-state index in [9.17, 15) is 8.42 Å². The van der Waals surface area contributed by atoms with Crippen LogP contribution in [0.3, 0.4) is 0 Å². The minimum atomic E-state index is -3.58. The van der Waals surface area contributed by atoms with Crippen molar-refractivity contribution in [2.45, 2.75) is 30.2 Å². The fourth-order valence-corrected chi connectivity index (χ4v) is 3.11. The highest BCUT2D eigenvalue weighted by Crippen LogP contribution is 2.10. The smallest absolute Gasteiger partial charge is 0.238 e. The van der Waals surface area contributed by atoms with Gasteiger partial charge in [0.25, 0.3) is 0 Å². The van der Waals surface area contributed by atoms with E-state index in [1.54, 1.807) is 12.1 Å². The number of nitrogens with two attached hydrogens (primary N) is 1. The van der Waals surface area contributed by atoms with Crippen LogP contribution in [0.25, 0.3) is 0 Å². The van der Waals surface area contributed by atoms with E-state index in [0.717, 1.165) is 25.1 Å². The van der Waals surface area contributed by atoms with Crippen molar-refractivity contribution in [3.8, 4) is 0 Å². The largest absolute Gasteiger partial charge is 0.312 e. The standard InChI is InChI=1S/C14H23N3O2S/c1-17-10-2-3-13(11-17)16-9-8-12-4-6-14(7-5-12)20(15,18)19/h4-7,13,16H,2-3,8-11H2,1H3,(H2,15,18,19). The second-order valence-electron chi connectivity index (χ2n) is 5.49. The summed E-state index contributed by atoms with van der Waals surface area (Å²) in [4.78, 5) is 2.52. The molecule has 1 aromatic rings. The highest BCUT2D eigenvalue weighted by Gasteiger charge is 2.15. The molecule has 2 rings (SSSR count). The third-order valence-electron chi connectivity index (χ3n) is 3.72. The van der Waals surface area contributed by atoms with Crippen molar-refractivity contribution in [1.29, 1.82) is 0 Å². The van der Waals surface area contributed by atoms with Crippen LogP contribution >= 0.6 is 0 Å². The van der Waals surface area contributed by atoms with Crippen molar-refractivity contribution in [2.24, 2.45) is 5.14 Å². The van der Waals surface area contributed by atoms with E-state index >= 15 is 0 Å². The molecule has 0 amide bonds. The molecule has 3 N–H and O–H groups in total. The SMILES string of the molecule is CN1CCCC(NCCc2ccc(S(N)(=O)=O)cc2)C1. The lowest BCUT2D eigenvalue weighted by Gasteiger charge is -2.30. The molecule has 1 saturated heterocycles. The van der Waals surface area contributed by atoms with Gasteiger partial charge in [-0.3, -0.25) is 0 Å². The molecule has 1 aromatic carbocycles. The lowest BCUT2D eigenvalue weighted by Crippen LogP contribution is -2.44. The lowest BCUT2D eigenvalue weighted by molar-refractivity contribution is 0.228. The van der Waals surface area contributed by atoms with Gasteiger partial charge >= 0.3 is 0 Å². The quantitative estimate of drug-likeness (QED) is 0.833. The Bertz CT molecular complexity index is 528. The van der Waals surface area contributed by atoms with Gasteiger partial charge in [0.05, 0.1) is 4.90 Å². The van der Waals surface area contributed by atoms with Crippen molar-refractivity contribution in [3.05, 3.63) is 29.8 Å². The van der Waals surface area contributed by atoms with Crippen molar-refractivity contribution < 1.29 is 8.42 Å². The van der Waals surface area contributed by atoms with Gasteiger partial charge in [-0.05, 0) is 57.1 Å². The predicted molar refractivity (Wildman–Crippen MR) is 80.0 cm³/mol. The molecule has 0 aromatic heterocycles. The summed E-state index contributed by atoms with van der Waals surface area (Å²) in [6, 6.07) is 7.36. The van der Waals surface area contributed by atoms with Crippen LogP contribution in [0, 0.1) is 0 Å². The Morgan fingerprint density at radius 2 is 2.05 bits per heavy atom. The minimum absolute atomic E-state index is 0.170. The van der Waals surface area contributed by atoms with Crippen molar-refractivity contribution >= 4 is 10.0 Å². The summed E-state index contributed by atoms with van der Waals surface area (Å²) >= 11 is 0. The van der Waals surface area contributed by atoms with E-state index in [1.807, 2.05) is 12.1 Å². The van der Waals surface area contributed by atoms with Gasteiger partial charge in [-0.2, -0.15) is 0 Å². The van der Waals surface area contributed by atoms with Crippen LogP contribution in [0.4, 0.5) is 0 Å². The third-order valence-corrected chi connectivity index (χ3v) is 4.65. The van der Waals surface area contributed by atoms with Gasteiger partial charge in [0, 0.05) is 12.6 Å². The Morgan fingerprint density at radius 1 is 1.35 bits per heavy atom. The van der Waals surface area contributed by atoms with Gasteiger partial charge in [0.2, 0.25) is 10.0 Å². The number of rotatable bonds is 5. The number of sulfonamides is 1. The van der Waals surface area contributed by atoms with Gasteiger partial charge in [-0.1, -0.05) is 12.1 Å². The molecular weight excluding hydrogens is 274 g/mol. The maximum Gasteiger partial charge on any atom is 0.238 e. The van der Waals surface area contributed by atoms with Gasteiger partial charge in [0.15, 0.2) is 0 Å². The first kappa shape index (κ1) is 15.4. The maximum atomic E-state index is 11.2. The molecule has 0 bridgehead atoms. The first-order valence-corrected chi connectivity index (χ1v) is 8.53. The molecule has 0 aliphatic carbocycles. The Balaban J connectivity index is 1.79. The zero-order valence-corrected chi connectivity index (χ0v) is 12.7. The van der Waals surface area contributed by atoms with Gasteiger partial charge in [0.1, 0.15) is 0 Å². The van der Waals surface area contributed by atoms with E-state index in [0.29, 0.717) is 6.04 Å². The summed E-state index contributed by atoms with van der Waals surface area (Å²) < 4.78 is 22.3. The third kappa shape index (κ3) is 4.56. The first-order valence-electron chi connectivity index (χ1n) is 6.99. The molecule has 1 atom stereocenters. The molecule has 5 nitrogen and oxygen atoms in total. The minimum Gasteiger partial charge on any atom is -0.312 e. The molecule has 20 heavy (non-hydrogen) atoms. The number of hydrogen-bond acceptors (Lipinski definition) is 4. The number of primary sulfonamides is 1. The van der Waals surface area contributed by atoms with Crippen LogP contribution < -0.4 is 10.5 Å². The molecule has 0 radical (unpaired) electrons. The average molecular weight is 297 g/mol. The predicted octanol–water partition coefficient (Wildman–Crippen LogP) is 0.560. The number of likely N-dealkylation sites (tertiary alicyclic amines) is 1. The van der Waals surface area contributed by atoms with Crippen LogP contribution in [-0.4, -0.2) is 46.0 Å². The van der Waals surface area contributed by atoms with Crippen LogP contribution in [0.5, 0.6) is 0 Å². The first-order chi connectivity index (χ1) is 9.45. The molecule has 1 heterocycles. The number of nitrogens with zero attached hydrogens (tertiary/aromatic N) is 1. The van der Waals surface area contributed by atoms with Crippen LogP contribution in [-0.2, 0) is 16.4 Å². The number of likely N-dealkylation sites (N-methyl/N-ethyl adjacent to an activating group) is 1. The fourth-order valence-electron chi connectivity index (χ4n) is 2.60. The van der Waals surface area contributed by atoms with E-state index < -0.39 is 10.0 Å². The molecule has 6 heteroatoms. The lowest BCUT2D eigenvalue weighted by atomic mass is 10.1. The van der Waals surface area contributed by atoms with Crippen molar-refractivity contribution in [3.63, 3.8) is 0 Å². The summed E-state index contributed by atoms with van der Waals surface area (Å²) in [7, 11) is -1.43. The molecule has 0 spiro atoms. The van der Waals surface area contributed by atoms with E-state index in [-0.39, 0.29) is 4.90 Å². The van der Waals surface area contributed by atoms with E-state index in [1.165, 1.54) is 19.4 Å². The topological polar surface area (TPSA) is 75.4 Å². The Hall–Kier alpha value is -0.950.